The van der Waals surface area contributed by atoms with E-state index >= 15 is 0 Å². The normalized spacial score (nSPS) is 24.9. The van der Waals surface area contributed by atoms with Gasteiger partial charge in [0.1, 0.15) is 5.82 Å². The van der Waals surface area contributed by atoms with E-state index in [2.05, 4.69) is 21.2 Å². The van der Waals surface area contributed by atoms with Crippen LogP contribution in [0.4, 0.5) is 17.6 Å². The molecule has 1 N–H and O–H groups in total. The van der Waals surface area contributed by atoms with Crippen LogP contribution in [0.3, 0.4) is 0 Å². The quantitative estimate of drug-likeness (QED) is 0.709. The summed E-state index contributed by atoms with van der Waals surface area (Å²) in [6.07, 6.45) is -2.84. The standard InChI is InChI=1S/C15H18BrF4N/c1-9(13-8-11(16)4-7-14(13)17)21-12-5-2-10(3-6-12)15(18,19)20/h4,7-10,12,21H,2-3,5-6H2,1H3. The van der Waals surface area contributed by atoms with Gasteiger partial charge in [-0.25, -0.2) is 4.39 Å². The number of hydrogen-bond donors (Lipinski definition) is 1. The van der Waals surface area contributed by atoms with Crippen LogP contribution in [-0.2, 0) is 0 Å². The molecule has 0 heterocycles. The first-order valence-corrected chi connectivity index (χ1v) is 7.84. The molecule has 0 saturated heterocycles. The Balaban J connectivity index is 1.93. The van der Waals surface area contributed by atoms with Crippen LogP contribution in [-0.4, -0.2) is 12.2 Å². The molecule has 0 aliphatic heterocycles. The fourth-order valence-corrected chi connectivity index (χ4v) is 3.26. The van der Waals surface area contributed by atoms with Crippen LogP contribution in [0.2, 0.25) is 0 Å². The fourth-order valence-electron chi connectivity index (χ4n) is 2.88. The van der Waals surface area contributed by atoms with Gasteiger partial charge in [0.15, 0.2) is 0 Å². The van der Waals surface area contributed by atoms with Crippen LogP contribution < -0.4 is 5.32 Å². The van der Waals surface area contributed by atoms with Crippen molar-refractivity contribution < 1.29 is 17.6 Å². The van der Waals surface area contributed by atoms with Crippen molar-refractivity contribution in [3.63, 3.8) is 0 Å². The summed E-state index contributed by atoms with van der Waals surface area (Å²) in [5.41, 5.74) is 0.530. The van der Waals surface area contributed by atoms with Gasteiger partial charge >= 0.3 is 6.18 Å². The van der Waals surface area contributed by atoms with Crippen LogP contribution in [0.5, 0.6) is 0 Å². The van der Waals surface area contributed by atoms with E-state index < -0.39 is 12.1 Å². The van der Waals surface area contributed by atoms with Crippen molar-refractivity contribution in [3.8, 4) is 0 Å². The molecule has 1 aromatic carbocycles. The predicted molar refractivity (Wildman–Crippen MR) is 77.5 cm³/mol. The van der Waals surface area contributed by atoms with Crippen molar-refractivity contribution in [2.75, 3.05) is 0 Å². The summed E-state index contributed by atoms with van der Waals surface area (Å²) < 4.78 is 52.4. The van der Waals surface area contributed by atoms with Crippen LogP contribution in [0, 0.1) is 11.7 Å². The number of rotatable bonds is 3. The molecule has 1 aliphatic rings. The molecule has 1 aromatic rings. The highest BCUT2D eigenvalue weighted by molar-refractivity contribution is 9.10. The molecular weight excluding hydrogens is 350 g/mol. The van der Waals surface area contributed by atoms with E-state index in [0.717, 1.165) is 4.47 Å². The predicted octanol–water partition coefficient (Wildman–Crippen LogP) is 5.36. The van der Waals surface area contributed by atoms with Gasteiger partial charge in [0, 0.05) is 22.1 Å². The van der Waals surface area contributed by atoms with E-state index in [0.29, 0.717) is 18.4 Å². The summed E-state index contributed by atoms with van der Waals surface area (Å²) in [5.74, 6) is -1.49. The maximum atomic E-state index is 13.8. The molecule has 21 heavy (non-hydrogen) atoms. The van der Waals surface area contributed by atoms with Crippen LogP contribution in [0.15, 0.2) is 22.7 Å². The van der Waals surface area contributed by atoms with Crippen LogP contribution >= 0.6 is 15.9 Å². The van der Waals surface area contributed by atoms with Gasteiger partial charge in [-0.2, -0.15) is 13.2 Å². The zero-order valence-electron chi connectivity index (χ0n) is 11.7. The second-order valence-electron chi connectivity index (χ2n) is 5.64. The minimum Gasteiger partial charge on any atom is -0.307 e. The summed E-state index contributed by atoms with van der Waals surface area (Å²) in [7, 11) is 0. The molecule has 0 spiro atoms. The molecule has 1 fully saturated rings. The number of hydrogen-bond acceptors (Lipinski definition) is 1. The second-order valence-corrected chi connectivity index (χ2v) is 6.56. The minimum atomic E-state index is -4.09. The number of nitrogens with one attached hydrogen (secondary N) is 1. The fraction of sp³-hybridized carbons (Fsp3) is 0.600. The van der Waals surface area contributed by atoms with Crippen molar-refractivity contribution in [3.05, 3.63) is 34.1 Å². The van der Waals surface area contributed by atoms with E-state index in [9.17, 15) is 17.6 Å². The minimum absolute atomic E-state index is 0.0111. The van der Waals surface area contributed by atoms with Crippen molar-refractivity contribution in [1.29, 1.82) is 0 Å². The highest BCUT2D eigenvalue weighted by Crippen LogP contribution is 2.38. The highest BCUT2D eigenvalue weighted by Gasteiger charge is 2.41. The zero-order chi connectivity index (χ0) is 15.6. The van der Waals surface area contributed by atoms with E-state index in [1.807, 2.05) is 6.92 Å². The third kappa shape index (κ3) is 4.42. The van der Waals surface area contributed by atoms with Crippen LogP contribution in [0.25, 0.3) is 0 Å². The Labute approximate surface area is 130 Å². The van der Waals surface area contributed by atoms with Crippen LogP contribution in [0.1, 0.15) is 44.2 Å². The lowest BCUT2D eigenvalue weighted by atomic mass is 9.85. The van der Waals surface area contributed by atoms with E-state index in [1.165, 1.54) is 6.07 Å². The zero-order valence-corrected chi connectivity index (χ0v) is 13.3. The highest BCUT2D eigenvalue weighted by atomic mass is 79.9. The SMILES string of the molecule is CC(NC1CCC(C(F)(F)F)CC1)c1cc(Br)ccc1F. The second kappa shape index (κ2) is 6.65. The molecule has 1 nitrogen and oxygen atoms in total. The van der Waals surface area contributed by atoms with Gasteiger partial charge in [0.05, 0.1) is 5.92 Å². The third-order valence-corrected chi connectivity index (χ3v) is 4.59. The Morgan fingerprint density at radius 3 is 2.38 bits per heavy atom. The van der Waals surface area contributed by atoms with Gasteiger partial charge in [-0.3, -0.25) is 0 Å². The van der Waals surface area contributed by atoms with Crippen molar-refractivity contribution in [2.45, 2.75) is 50.9 Å². The molecule has 0 aromatic heterocycles. The first kappa shape index (κ1) is 16.7. The topological polar surface area (TPSA) is 12.0 Å². The monoisotopic (exact) mass is 367 g/mol. The molecule has 0 radical (unpaired) electrons. The first-order chi connectivity index (χ1) is 9.77. The largest absolute Gasteiger partial charge is 0.391 e. The molecule has 1 aliphatic carbocycles. The Hall–Kier alpha value is -0.620. The van der Waals surface area contributed by atoms with Gasteiger partial charge in [-0.05, 0) is 50.8 Å². The Kier molecular flexibility index (Phi) is 5.30. The molecule has 1 unspecified atom stereocenters. The average Bonchev–Trinajstić information content (AvgIpc) is 2.41. The molecular formula is C15H18BrF4N. The van der Waals surface area contributed by atoms with Crippen molar-refractivity contribution in [2.24, 2.45) is 5.92 Å². The third-order valence-electron chi connectivity index (χ3n) is 4.10. The molecule has 0 amide bonds. The first-order valence-electron chi connectivity index (χ1n) is 7.05. The number of benzene rings is 1. The summed E-state index contributed by atoms with van der Waals surface area (Å²) in [6, 6.07) is 4.50. The Morgan fingerprint density at radius 2 is 1.81 bits per heavy atom. The molecule has 0 bridgehead atoms. The smallest absolute Gasteiger partial charge is 0.307 e. The summed E-state index contributed by atoms with van der Waals surface area (Å²) >= 11 is 3.30. The molecule has 2 rings (SSSR count). The molecule has 118 valence electrons. The maximum absolute atomic E-state index is 13.8. The lowest BCUT2D eigenvalue weighted by Crippen LogP contribution is -2.38. The van der Waals surface area contributed by atoms with Crippen molar-refractivity contribution >= 4 is 15.9 Å². The average molecular weight is 368 g/mol. The summed E-state index contributed by atoms with van der Waals surface area (Å²) in [4.78, 5) is 0. The van der Waals surface area contributed by atoms with Gasteiger partial charge in [0.2, 0.25) is 0 Å². The number of halogens is 5. The van der Waals surface area contributed by atoms with Gasteiger partial charge in [0.25, 0.3) is 0 Å². The Morgan fingerprint density at radius 1 is 1.19 bits per heavy atom. The Bertz CT molecular complexity index is 481. The van der Waals surface area contributed by atoms with Crippen molar-refractivity contribution in [1.82, 2.24) is 5.32 Å². The molecule has 1 saturated carbocycles. The lowest BCUT2D eigenvalue weighted by molar-refractivity contribution is -0.182. The molecule has 1 atom stereocenters. The lowest BCUT2D eigenvalue weighted by Gasteiger charge is -2.32. The van der Waals surface area contributed by atoms with Gasteiger partial charge in [-0.15, -0.1) is 0 Å². The summed E-state index contributed by atoms with van der Waals surface area (Å²) in [6.45, 7) is 1.83. The number of alkyl halides is 3. The van der Waals surface area contributed by atoms with E-state index in [-0.39, 0.29) is 30.7 Å². The molecule has 6 heteroatoms. The van der Waals surface area contributed by atoms with E-state index in [1.54, 1.807) is 12.1 Å². The van der Waals surface area contributed by atoms with E-state index in [4.69, 9.17) is 0 Å². The van der Waals surface area contributed by atoms with Gasteiger partial charge < -0.3 is 5.32 Å². The summed E-state index contributed by atoms with van der Waals surface area (Å²) in [5, 5.41) is 3.25. The van der Waals surface area contributed by atoms with Gasteiger partial charge in [-0.1, -0.05) is 15.9 Å². The maximum Gasteiger partial charge on any atom is 0.391 e.